The molecule has 1 N–H and O–H groups in total. The molecule has 1 amide bonds. The van der Waals surface area contributed by atoms with E-state index < -0.39 is 0 Å². The fraction of sp³-hybridized carbons (Fsp3) is 0.278. The number of para-hydroxylation sites is 1. The molecule has 0 aromatic heterocycles. The van der Waals surface area contributed by atoms with E-state index in [9.17, 15) is 4.79 Å². The Morgan fingerprint density at radius 2 is 1.42 bits per heavy atom. The van der Waals surface area contributed by atoms with Gasteiger partial charge in [-0.3, -0.25) is 4.79 Å². The molecule has 2 aromatic carbocycles. The summed E-state index contributed by atoms with van der Waals surface area (Å²) in [6.07, 6.45) is 0. The Bertz CT molecular complexity index is 715. The van der Waals surface area contributed by atoms with E-state index in [0.717, 1.165) is 11.3 Å². The molecule has 6 heteroatoms. The maximum absolute atomic E-state index is 12.5. The molecule has 0 unspecified atom stereocenters. The molecule has 0 heterocycles. The summed E-state index contributed by atoms with van der Waals surface area (Å²) in [5.74, 6) is 1.80. The number of ether oxygens (including phenoxy) is 4. The molecule has 0 atom stereocenters. The van der Waals surface area contributed by atoms with Crippen molar-refractivity contribution in [3.05, 3.63) is 47.5 Å². The molecule has 0 saturated carbocycles. The second-order valence-corrected chi connectivity index (χ2v) is 4.90. The lowest BCUT2D eigenvalue weighted by atomic mass is 10.1. The lowest BCUT2D eigenvalue weighted by Gasteiger charge is -2.14. The number of hydrogen-bond acceptors (Lipinski definition) is 5. The highest BCUT2D eigenvalue weighted by Crippen LogP contribution is 2.34. The van der Waals surface area contributed by atoms with E-state index in [1.807, 2.05) is 24.3 Å². The van der Waals surface area contributed by atoms with Crippen molar-refractivity contribution in [2.45, 2.75) is 6.54 Å². The SMILES string of the molecule is COc1ccccc1CNC(=O)c1cc(OC)c(OC)cc1OC. The van der Waals surface area contributed by atoms with Gasteiger partial charge in [-0.05, 0) is 6.07 Å². The van der Waals surface area contributed by atoms with Crippen molar-refractivity contribution >= 4 is 5.91 Å². The van der Waals surface area contributed by atoms with Gasteiger partial charge in [-0.1, -0.05) is 18.2 Å². The monoisotopic (exact) mass is 331 g/mol. The van der Waals surface area contributed by atoms with E-state index in [-0.39, 0.29) is 5.91 Å². The molecule has 0 aliphatic rings. The minimum absolute atomic E-state index is 0.279. The Morgan fingerprint density at radius 3 is 2.04 bits per heavy atom. The van der Waals surface area contributed by atoms with Gasteiger partial charge in [0.25, 0.3) is 5.91 Å². The Morgan fingerprint density at radius 1 is 0.833 bits per heavy atom. The molecular formula is C18H21NO5. The largest absolute Gasteiger partial charge is 0.496 e. The minimum atomic E-state index is -0.279. The van der Waals surface area contributed by atoms with Gasteiger partial charge in [0.1, 0.15) is 11.5 Å². The summed E-state index contributed by atoms with van der Waals surface area (Å²) in [5.41, 5.74) is 1.25. The minimum Gasteiger partial charge on any atom is -0.496 e. The summed E-state index contributed by atoms with van der Waals surface area (Å²) in [6, 6.07) is 10.7. The fourth-order valence-corrected chi connectivity index (χ4v) is 2.33. The van der Waals surface area contributed by atoms with Gasteiger partial charge in [-0.2, -0.15) is 0 Å². The Kier molecular flexibility index (Phi) is 5.89. The van der Waals surface area contributed by atoms with Crippen LogP contribution in [0.15, 0.2) is 36.4 Å². The summed E-state index contributed by atoms with van der Waals surface area (Å²) in [7, 11) is 6.13. The molecule has 0 spiro atoms. The number of amides is 1. The van der Waals surface area contributed by atoms with Gasteiger partial charge in [-0.25, -0.2) is 0 Å². The average Bonchev–Trinajstić information content (AvgIpc) is 2.64. The molecule has 0 fully saturated rings. The van der Waals surface area contributed by atoms with Crippen LogP contribution in [0.1, 0.15) is 15.9 Å². The van der Waals surface area contributed by atoms with Crippen LogP contribution in [0, 0.1) is 0 Å². The first-order valence-electron chi connectivity index (χ1n) is 7.34. The first kappa shape index (κ1) is 17.5. The topological polar surface area (TPSA) is 66.0 Å². The van der Waals surface area contributed by atoms with Crippen LogP contribution < -0.4 is 24.3 Å². The summed E-state index contributed by atoms with van der Waals surface area (Å²) < 4.78 is 21.0. The van der Waals surface area contributed by atoms with Gasteiger partial charge in [0.05, 0.1) is 34.0 Å². The van der Waals surface area contributed by atoms with Crippen LogP contribution in [0.5, 0.6) is 23.0 Å². The van der Waals surface area contributed by atoms with Crippen molar-refractivity contribution in [2.75, 3.05) is 28.4 Å². The van der Waals surface area contributed by atoms with E-state index in [4.69, 9.17) is 18.9 Å². The van der Waals surface area contributed by atoms with E-state index in [1.54, 1.807) is 19.2 Å². The number of carbonyl (C=O) groups excluding carboxylic acids is 1. The molecule has 2 aromatic rings. The quantitative estimate of drug-likeness (QED) is 0.845. The highest BCUT2D eigenvalue weighted by molar-refractivity contribution is 5.97. The Labute approximate surface area is 141 Å². The number of carbonyl (C=O) groups is 1. The van der Waals surface area contributed by atoms with Crippen molar-refractivity contribution in [3.8, 4) is 23.0 Å². The number of nitrogens with one attached hydrogen (secondary N) is 1. The molecule has 0 aliphatic heterocycles. The first-order chi connectivity index (χ1) is 11.6. The van der Waals surface area contributed by atoms with E-state index in [0.29, 0.717) is 29.4 Å². The second-order valence-electron chi connectivity index (χ2n) is 4.90. The van der Waals surface area contributed by atoms with Gasteiger partial charge in [-0.15, -0.1) is 0 Å². The van der Waals surface area contributed by atoms with Crippen LogP contribution >= 0.6 is 0 Å². The van der Waals surface area contributed by atoms with Gasteiger partial charge in [0.15, 0.2) is 11.5 Å². The van der Waals surface area contributed by atoms with Crippen molar-refractivity contribution in [3.63, 3.8) is 0 Å². The highest BCUT2D eigenvalue weighted by Gasteiger charge is 2.18. The summed E-state index contributed by atoms with van der Waals surface area (Å²) in [5, 5.41) is 2.86. The molecule has 0 radical (unpaired) electrons. The third-order valence-electron chi connectivity index (χ3n) is 3.58. The molecule has 128 valence electrons. The molecular weight excluding hydrogens is 310 g/mol. The van der Waals surface area contributed by atoms with Crippen molar-refractivity contribution < 1.29 is 23.7 Å². The lowest BCUT2D eigenvalue weighted by molar-refractivity contribution is 0.0947. The maximum atomic E-state index is 12.5. The highest BCUT2D eigenvalue weighted by atomic mass is 16.5. The van der Waals surface area contributed by atoms with Gasteiger partial charge < -0.3 is 24.3 Å². The normalized spacial score (nSPS) is 10.0. The summed E-state index contributed by atoms with van der Waals surface area (Å²) in [4.78, 5) is 12.5. The standard InChI is InChI=1S/C18H21NO5/c1-21-14-8-6-5-7-12(14)11-19-18(20)13-9-16(23-3)17(24-4)10-15(13)22-2/h5-10H,11H2,1-4H3,(H,19,20). The van der Waals surface area contributed by atoms with Crippen LogP contribution in [0.25, 0.3) is 0 Å². The molecule has 0 aliphatic carbocycles. The fourth-order valence-electron chi connectivity index (χ4n) is 2.33. The molecule has 2 rings (SSSR count). The zero-order valence-corrected chi connectivity index (χ0v) is 14.2. The van der Waals surface area contributed by atoms with Crippen LogP contribution in [0.2, 0.25) is 0 Å². The van der Waals surface area contributed by atoms with E-state index >= 15 is 0 Å². The summed E-state index contributed by atoms with van der Waals surface area (Å²) in [6.45, 7) is 0.334. The number of hydrogen-bond donors (Lipinski definition) is 1. The van der Waals surface area contributed by atoms with E-state index in [2.05, 4.69) is 5.32 Å². The third kappa shape index (κ3) is 3.71. The molecule has 0 bridgehead atoms. The first-order valence-corrected chi connectivity index (χ1v) is 7.34. The zero-order chi connectivity index (χ0) is 17.5. The van der Waals surface area contributed by atoms with Crippen molar-refractivity contribution in [2.24, 2.45) is 0 Å². The smallest absolute Gasteiger partial charge is 0.255 e. The Balaban J connectivity index is 2.23. The van der Waals surface area contributed by atoms with Crippen LogP contribution in [-0.4, -0.2) is 34.3 Å². The van der Waals surface area contributed by atoms with Crippen LogP contribution in [0.3, 0.4) is 0 Å². The van der Waals surface area contributed by atoms with Crippen LogP contribution in [-0.2, 0) is 6.54 Å². The number of rotatable bonds is 7. The lowest BCUT2D eigenvalue weighted by Crippen LogP contribution is -2.23. The van der Waals surface area contributed by atoms with Crippen molar-refractivity contribution in [1.29, 1.82) is 0 Å². The number of benzene rings is 2. The van der Waals surface area contributed by atoms with Gasteiger partial charge >= 0.3 is 0 Å². The second kappa shape index (κ2) is 8.10. The van der Waals surface area contributed by atoms with Crippen LogP contribution in [0.4, 0.5) is 0 Å². The van der Waals surface area contributed by atoms with Gasteiger partial charge in [0.2, 0.25) is 0 Å². The predicted octanol–water partition coefficient (Wildman–Crippen LogP) is 2.65. The van der Waals surface area contributed by atoms with Gasteiger partial charge in [0, 0.05) is 24.2 Å². The molecule has 24 heavy (non-hydrogen) atoms. The maximum Gasteiger partial charge on any atom is 0.255 e. The predicted molar refractivity (Wildman–Crippen MR) is 90.3 cm³/mol. The summed E-state index contributed by atoms with van der Waals surface area (Å²) >= 11 is 0. The average molecular weight is 331 g/mol. The number of methoxy groups -OCH3 is 4. The zero-order valence-electron chi connectivity index (χ0n) is 14.2. The molecule has 0 saturated heterocycles. The van der Waals surface area contributed by atoms with Crippen molar-refractivity contribution in [1.82, 2.24) is 5.32 Å². The third-order valence-corrected chi connectivity index (χ3v) is 3.58. The Hall–Kier alpha value is -2.89. The van der Waals surface area contributed by atoms with E-state index in [1.165, 1.54) is 21.3 Å². The molecule has 6 nitrogen and oxygen atoms in total.